The Labute approximate surface area is 198 Å². The number of halogens is 4. The van der Waals surface area contributed by atoms with Gasteiger partial charge in [0, 0.05) is 5.41 Å². The van der Waals surface area contributed by atoms with E-state index in [1.54, 1.807) is 0 Å². The number of phenols is 2. The van der Waals surface area contributed by atoms with Crippen molar-refractivity contribution in [1.29, 1.82) is 0 Å². The molecule has 2 aromatic carbocycles. The highest BCUT2D eigenvalue weighted by Crippen LogP contribution is 2.67. The monoisotopic (exact) mass is 632 g/mol. The lowest BCUT2D eigenvalue weighted by molar-refractivity contribution is -0.0281. The number of rotatable bonds is 2. The zero-order chi connectivity index (χ0) is 19.8. The van der Waals surface area contributed by atoms with Gasteiger partial charge in [-0.25, -0.2) is 0 Å². The van der Waals surface area contributed by atoms with Crippen molar-refractivity contribution in [3.05, 3.63) is 53.3 Å². The summed E-state index contributed by atoms with van der Waals surface area (Å²) in [5, 5.41) is 20.5. The summed E-state index contributed by atoms with van der Waals surface area (Å²) in [7, 11) is 0. The Kier molecular flexibility index (Phi) is 4.97. The fraction of sp³-hybridized carbons (Fsp3) is 0.455. The van der Waals surface area contributed by atoms with E-state index < -0.39 is 0 Å². The van der Waals surface area contributed by atoms with Crippen LogP contribution in [0.2, 0.25) is 0 Å². The maximum Gasteiger partial charge on any atom is 0.143 e. The summed E-state index contributed by atoms with van der Waals surface area (Å²) in [5.74, 6) is 3.20. The van der Waals surface area contributed by atoms with Crippen LogP contribution in [0.25, 0.3) is 0 Å². The number of hydrogen-bond acceptors (Lipinski definition) is 2. The molecule has 2 N–H and O–H groups in total. The molecule has 2 aromatic rings. The van der Waals surface area contributed by atoms with Gasteiger partial charge < -0.3 is 10.2 Å². The Morgan fingerprint density at radius 2 is 1.18 bits per heavy atom. The van der Waals surface area contributed by atoms with Crippen LogP contribution in [0.3, 0.4) is 0 Å². The average Bonchev–Trinajstić information content (AvgIpc) is 2.62. The lowest BCUT2D eigenvalue weighted by Gasteiger charge is -2.62. The van der Waals surface area contributed by atoms with Crippen LogP contribution in [0.15, 0.2) is 42.2 Å². The standard InChI is InChI=1S/C22H20Br4O2/c23-15-4-13(5-16(24)20(15)27)19-12-2-10-1-11(3-12)9-22(19,8-10)14-6-17(25)21(28)18(26)7-14/h4-7,10-12,19,27-28H,1-3,8-9H2. The first-order valence-electron chi connectivity index (χ1n) is 9.65. The van der Waals surface area contributed by atoms with Crippen molar-refractivity contribution >= 4 is 63.7 Å². The van der Waals surface area contributed by atoms with Gasteiger partial charge in [-0.1, -0.05) is 0 Å². The second-order valence-corrected chi connectivity index (χ2v) is 12.3. The van der Waals surface area contributed by atoms with Crippen molar-refractivity contribution < 1.29 is 10.2 Å². The first-order valence-corrected chi connectivity index (χ1v) is 12.8. The van der Waals surface area contributed by atoms with Gasteiger partial charge in [-0.05, 0) is 155 Å². The molecular formula is C22H20Br4O2. The Bertz CT molecular complexity index is 913. The Morgan fingerprint density at radius 1 is 0.714 bits per heavy atom. The number of aromatic hydroxyl groups is 2. The molecule has 148 valence electrons. The van der Waals surface area contributed by atoms with Gasteiger partial charge in [-0.2, -0.15) is 0 Å². The fourth-order valence-corrected chi connectivity index (χ4v) is 9.07. The van der Waals surface area contributed by atoms with E-state index in [4.69, 9.17) is 0 Å². The van der Waals surface area contributed by atoms with Gasteiger partial charge in [0.25, 0.3) is 0 Å². The molecule has 0 radical (unpaired) electrons. The number of phenolic OH excluding ortho intramolecular Hbond substituents is 2. The lowest BCUT2D eigenvalue weighted by atomic mass is 9.42. The van der Waals surface area contributed by atoms with Gasteiger partial charge in [0.2, 0.25) is 0 Å². The molecule has 0 aliphatic heterocycles. The molecule has 4 aliphatic carbocycles. The molecule has 0 heterocycles. The van der Waals surface area contributed by atoms with E-state index in [0.717, 1.165) is 29.7 Å². The van der Waals surface area contributed by atoms with Crippen molar-refractivity contribution in [3.63, 3.8) is 0 Å². The van der Waals surface area contributed by atoms with Gasteiger partial charge in [-0.15, -0.1) is 0 Å². The fourth-order valence-electron chi connectivity index (χ4n) is 6.66. The van der Waals surface area contributed by atoms with Gasteiger partial charge >= 0.3 is 0 Å². The largest absolute Gasteiger partial charge is 0.506 e. The molecule has 4 aliphatic rings. The maximum atomic E-state index is 10.3. The Morgan fingerprint density at radius 3 is 1.68 bits per heavy atom. The zero-order valence-corrected chi connectivity index (χ0v) is 21.4. The lowest BCUT2D eigenvalue weighted by Crippen LogP contribution is -2.53. The highest BCUT2D eigenvalue weighted by Gasteiger charge is 2.58. The van der Waals surface area contributed by atoms with Gasteiger partial charge in [0.15, 0.2) is 0 Å². The molecule has 0 amide bonds. The van der Waals surface area contributed by atoms with Crippen LogP contribution in [0.5, 0.6) is 11.5 Å². The minimum Gasteiger partial charge on any atom is -0.506 e. The molecule has 4 fully saturated rings. The highest BCUT2D eigenvalue weighted by molar-refractivity contribution is 9.11. The third-order valence-electron chi connectivity index (χ3n) is 7.30. The quantitative estimate of drug-likeness (QED) is 0.351. The first-order chi connectivity index (χ1) is 13.3. The first kappa shape index (κ1) is 19.9. The maximum absolute atomic E-state index is 10.3. The van der Waals surface area contributed by atoms with Crippen molar-refractivity contribution in [2.45, 2.75) is 43.4 Å². The predicted molar refractivity (Wildman–Crippen MR) is 125 cm³/mol. The SMILES string of the molecule is Oc1c(Br)cc(C2C3CC4CC(C3)CC2(c2cc(Br)c(O)c(Br)c2)C4)cc1Br. The zero-order valence-electron chi connectivity index (χ0n) is 15.1. The van der Waals surface area contributed by atoms with Crippen LogP contribution in [-0.4, -0.2) is 10.2 Å². The van der Waals surface area contributed by atoms with Crippen LogP contribution < -0.4 is 0 Å². The molecule has 0 saturated heterocycles. The van der Waals surface area contributed by atoms with E-state index in [9.17, 15) is 10.2 Å². The third kappa shape index (κ3) is 2.96. The van der Waals surface area contributed by atoms with Crippen molar-refractivity contribution in [3.8, 4) is 11.5 Å². The highest BCUT2D eigenvalue weighted by atomic mass is 79.9. The Balaban J connectivity index is 1.71. The number of benzene rings is 2. The molecule has 28 heavy (non-hydrogen) atoms. The van der Waals surface area contributed by atoms with E-state index in [1.165, 1.54) is 43.2 Å². The summed E-state index contributed by atoms with van der Waals surface area (Å²) in [5.41, 5.74) is 2.68. The molecule has 0 aromatic heterocycles. The summed E-state index contributed by atoms with van der Waals surface area (Å²) in [6, 6.07) is 8.48. The van der Waals surface area contributed by atoms with Crippen LogP contribution in [-0.2, 0) is 5.41 Å². The van der Waals surface area contributed by atoms with Crippen molar-refractivity contribution in [1.82, 2.24) is 0 Å². The summed E-state index contributed by atoms with van der Waals surface area (Å²) in [4.78, 5) is 0. The summed E-state index contributed by atoms with van der Waals surface area (Å²) in [6.45, 7) is 0. The molecule has 6 heteroatoms. The molecule has 3 unspecified atom stereocenters. The minimum absolute atomic E-state index is 0.0728. The second-order valence-electron chi connectivity index (χ2n) is 8.86. The van der Waals surface area contributed by atoms with Crippen molar-refractivity contribution in [2.24, 2.45) is 17.8 Å². The summed E-state index contributed by atoms with van der Waals surface area (Å²) < 4.78 is 2.99. The molecule has 0 spiro atoms. The predicted octanol–water partition coefficient (Wildman–Crippen LogP) is 8.01. The smallest absolute Gasteiger partial charge is 0.143 e. The van der Waals surface area contributed by atoms with Crippen LogP contribution in [0.4, 0.5) is 0 Å². The summed E-state index contributed by atoms with van der Waals surface area (Å²) >= 11 is 14.2. The minimum atomic E-state index is 0.0728. The van der Waals surface area contributed by atoms with E-state index in [0.29, 0.717) is 11.8 Å². The van der Waals surface area contributed by atoms with Crippen LogP contribution in [0, 0.1) is 17.8 Å². The number of hydrogen-bond donors (Lipinski definition) is 2. The van der Waals surface area contributed by atoms with Gasteiger partial charge in [-0.3, -0.25) is 0 Å². The third-order valence-corrected chi connectivity index (χ3v) is 9.72. The topological polar surface area (TPSA) is 40.5 Å². The summed E-state index contributed by atoms with van der Waals surface area (Å²) in [6.07, 6.45) is 6.38. The van der Waals surface area contributed by atoms with E-state index in [1.807, 2.05) is 0 Å². The molecule has 6 rings (SSSR count). The van der Waals surface area contributed by atoms with Crippen molar-refractivity contribution in [2.75, 3.05) is 0 Å². The molecule has 4 saturated carbocycles. The van der Waals surface area contributed by atoms with Gasteiger partial charge in [0.1, 0.15) is 11.5 Å². The van der Waals surface area contributed by atoms with E-state index >= 15 is 0 Å². The van der Waals surface area contributed by atoms with Crippen LogP contribution in [0.1, 0.15) is 49.1 Å². The molecule has 4 bridgehead atoms. The second kappa shape index (κ2) is 7.00. The normalized spacial score (nSPS) is 33.4. The Hall–Kier alpha value is -0.0400. The average molecular weight is 636 g/mol. The van der Waals surface area contributed by atoms with E-state index in [-0.39, 0.29) is 16.9 Å². The van der Waals surface area contributed by atoms with Gasteiger partial charge in [0.05, 0.1) is 17.9 Å². The molecule has 3 atom stereocenters. The van der Waals surface area contributed by atoms with Crippen LogP contribution >= 0.6 is 63.7 Å². The van der Waals surface area contributed by atoms with E-state index in [2.05, 4.69) is 88.0 Å². The molecule has 2 nitrogen and oxygen atoms in total. The molecular weight excluding hydrogens is 616 g/mol.